The van der Waals surface area contributed by atoms with Gasteiger partial charge in [-0.3, -0.25) is 4.79 Å². The molecule has 3 rings (SSSR count). The van der Waals surface area contributed by atoms with Crippen molar-refractivity contribution in [2.45, 2.75) is 25.9 Å². The van der Waals surface area contributed by atoms with Crippen molar-refractivity contribution >= 4 is 18.1 Å². The van der Waals surface area contributed by atoms with Gasteiger partial charge in [-0.05, 0) is 42.3 Å². The Morgan fingerprint density at radius 3 is 2.43 bits per heavy atom. The van der Waals surface area contributed by atoms with E-state index in [1.165, 1.54) is 13.3 Å². The van der Waals surface area contributed by atoms with E-state index in [9.17, 15) is 9.59 Å². The van der Waals surface area contributed by atoms with Crippen molar-refractivity contribution in [2.75, 3.05) is 13.7 Å². The molecule has 0 saturated carbocycles. The number of methoxy groups -OCH3 is 1. The number of nitrogens with zero attached hydrogens (tertiary/aromatic N) is 1. The van der Waals surface area contributed by atoms with E-state index < -0.39 is 12.0 Å². The van der Waals surface area contributed by atoms with Crippen LogP contribution in [0.1, 0.15) is 41.4 Å². The minimum atomic E-state index is -0.430. The Balaban J connectivity index is 1.55. The molecule has 30 heavy (non-hydrogen) atoms. The first-order chi connectivity index (χ1) is 14.5. The van der Waals surface area contributed by atoms with Crippen LogP contribution in [0.2, 0.25) is 0 Å². The SMILES string of the molecule is CCOc1ccc(C2NNC(C(=O)N/N=C/c3ccc(C(=O)OC)cc3)C2C)cc1. The molecule has 3 unspecified atom stereocenters. The number of hydrazone groups is 1. The fourth-order valence-corrected chi connectivity index (χ4v) is 3.33. The first kappa shape index (κ1) is 21.5. The number of nitrogens with one attached hydrogen (secondary N) is 3. The fourth-order valence-electron chi connectivity index (χ4n) is 3.33. The summed E-state index contributed by atoms with van der Waals surface area (Å²) in [5.41, 5.74) is 11.1. The quantitative estimate of drug-likeness (QED) is 0.367. The standard InChI is InChI=1S/C22H26N4O4/c1-4-30-18-11-9-16(10-12-18)19-14(2)20(25-24-19)21(27)26-23-13-15-5-7-17(8-6-15)22(28)29-3/h5-14,19-20,24-25H,4H2,1-3H3,(H,26,27)/b23-13+. The monoisotopic (exact) mass is 410 g/mol. The molecule has 158 valence electrons. The van der Waals surface area contributed by atoms with Crippen LogP contribution in [-0.4, -0.2) is 37.8 Å². The molecule has 1 fully saturated rings. The normalized spacial score (nSPS) is 20.8. The number of benzene rings is 2. The first-order valence-electron chi connectivity index (χ1n) is 9.78. The lowest BCUT2D eigenvalue weighted by Crippen LogP contribution is -2.43. The van der Waals surface area contributed by atoms with Gasteiger partial charge in [0.2, 0.25) is 0 Å². The molecule has 8 heteroatoms. The van der Waals surface area contributed by atoms with Gasteiger partial charge in [0.25, 0.3) is 5.91 Å². The highest BCUT2D eigenvalue weighted by atomic mass is 16.5. The third-order valence-electron chi connectivity index (χ3n) is 5.00. The molecule has 0 aliphatic carbocycles. The number of amides is 1. The third kappa shape index (κ3) is 5.03. The summed E-state index contributed by atoms with van der Waals surface area (Å²) in [4.78, 5) is 24.0. The van der Waals surface area contributed by atoms with E-state index in [0.29, 0.717) is 12.2 Å². The number of carbonyl (C=O) groups is 2. The predicted molar refractivity (Wildman–Crippen MR) is 113 cm³/mol. The molecule has 0 radical (unpaired) electrons. The lowest BCUT2D eigenvalue weighted by molar-refractivity contribution is -0.123. The van der Waals surface area contributed by atoms with Crippen LogP contribution in [0.15, 0.2) is 53.6 Å². The van der Waals surface area contributed by atoms with Crippen molar-refractivity contribution in [3.8, 4) is 5.75 Å². The van der Waals surface area contributed by atoms with Crippen LogP contribution in [0.5, 0.6) is 5.75 Å². The topological polar surface area (TPSA) is 101 Å². The summed E-state index contributed by atoms with van der Waals surface area (Å²) in [6.07, 6.45) is 1.52. The van der Waals surface area contributed by atoms with Crippen molar-refractivity contribution in [3.63, 3.8) is 0 Å². The molecule has 2 aromatic carbocycles. The van der Waals surface area contributed by atoms with E-state index >= 15 is 0 Å². The van der Waals surface area contributed by atoms with Crippen LogP contribution >= 0.6 is 0 Å². The van der Waals surface area contributed by atoms with E-state index in [4.69, 9.17) is 4.74 Å². The smallest absolute Gasteiger partial charge is 0.337 e. The van der Waals surface area contributed by atoms with Gasteiger partial charge in [0.1, 0.15) is 11.8 Å². The summed E-state index contributed by atoms with van der Waals surface area (Å²) in [7, 11) is 1.33. The number of hydrogen-bond acceptors (Lipinski definition) is 7. The van der Waals surface area contributed by atoms with Crippen LogP contribution in [0.4, 0.5) is 0 Å². The molecule has 8 nitrogen and oxygen atoms in total. The molecule has 1 aliphatic rings. The number of hydrazine groups is 1. The highest BCUT2D eigenvalue weighted by molar-refractivity contribution is 5.91. The molecule has 1 aliphatic heterocycles. The molecule has 0 spiro atoms. The van der Waals surface area contributed by atoms with Crippen LogP contribution < -0.4 is 21.0 Å². The van der Waals surface area contributed by atoms with E-state index in [0.717, 1.165) is 16.9 Å². The maximum atomic E-state index is 12.5. The Morgan fingerprint density at radius 2 is 1.80 bits per heavy atom. The first-order valence-corrected chi connectivity index (χ1v) is 9.78. The predicted octanol–water partition coefficient (Wildman–Crippen LogP) is 2.18. The minimum Gasteiger partial charge on any atom is -0.494 e. The molecule has 2 aromatic rings. The lowest BCUT2D eigenvalue weighted by atomic mass is 9.91. The average molecular weight is 410 g/mol. The van der Waals surface area contributed by atoms with Gasteiger partial charge in [0.15, 0.2) is 0 Å². The van der Waals surface area contributed by atoms with Gasteiger partial charge in [-0.2, -0.15) is 5.10 Å². The zero-order chi connectivity index (χ0) is 21.5. The fraction of sp³-hybridized carbons (Fsp3) is 0.318. The molecule has 0 bridgehead atoms. The van der Waals surface area contributed by atoms with Crippen molar-refractivity contribution in [3.05, 3.63) is 65.2 Å². The maximum Gasteiger partial charge on any atom is 0.337 e. The van der Waals surface area contributed by atoms with E-state index in [1.54, 1.807) is 24.3 Å². The number of hydrogen-bond donors (Lipinski definition) is 3. The summed E-state index contributed by atoms with van der Waals surface area (Å²) in [5.74, 6) is 0.203. The zero-order valence-electron chi connectivity index (χ0n) is 17.2. The Bertz CT molecular complexity index is 896. The van der Waals surface area contributed by atoms with Crippen molar-refractivity contribution < 1.29 is 19.1 Å². The number of carbonyl (C=O) groups excluding carboxylic acids is 2. The molecular formula is C22H26N4O4. The van der Waals surface area contributed by atoms with E-state index in [2.05, 4.69) is 26.1 Å². The summed E-state index contributed by atoms with van der Waals surface area (Å²) in [6, 6.07) is 14.1. The second kappa shape index (κ2) is 10.00. The number of rotatable bonds is 7. The lowest BCUT2D eigenvalue weighted by Gasteiger charge is -2.18. The summed E-state index contributed by atoms with van der Waals surface area (Å²) < 4.78 is 10.1. The molecule has 3 atom stereocenters. The van der Waals surface area contributed by atoms with Crippen LogP contribution in [-0.2, 0) is 9.53 Å². The van der Waals surface area contributed by atoms with Crippen molar-refractivity contribution in [1.82, 2.24) is 16.3 Å². The largest absolute Gasteiger partial charge is 0.494 e. The molecule has 0 aromatic heterocycles. The molecule has 1 saturated heterocycles. The summed E-state index contributed by atoms with van der Waals surface area (Å²) in [5, 5.41) is 4.02. The van der Waals surface area contributed by atoms with E-state index in [-0.39, 0.29) is 17.9 Å². The van der Waals surface area contributed by atoms with Crippen LogP contribution in [0, 0.1) is 5.92 Å². The molecule has 1 amide bonds. The Kier molecular flexibility index (Phi) is 7.16. The molecule has 1 heterocycles. The Labute approximate surface area is 175 Å². The highest BCUT2D eigenvalue weighted by Crippen LogP contribution is 2.29. The van der Waals surface area contributed by atoms with Gasteiger partial charge in [-0.15, -0.1) is 0 Å². The van der Waals surface area contributed by atoms with Gasteiger partial charge >= 0.3 is 5.97 Å². The van der Waals surface area contributed by atoms with Gasteiger partial charge in [0, 0.05) is 5.92 Å². The molecule has 3 N–H and O–H groups in total. The second-order valence-electron chi connectivity index (χ2n) is 6.95. The van der Waals surface area contributed by atoms with Gasteiger partial charge in [-0.1, -0.05) is 31.2 Å². The van der Waals surface area contributed by atoms with Crippen LogP contribution in [0.25, 0.3) is 0 Å². The summed E-state index contributed by atoms with van der Waals surface area (Å²) >= 11 is 0. The maximum absolute atomic E-state index is 12.5. The minimum absolute atomic E-state index is 0.00808. The Morgan fingerprint density at radius 1 is 1.10 bits per heavy atom. The van der Waals surface area contributed by atoms with Crippen molar-refractivity contribution in [1.29, 1.82) is 0 Å². The van der Waals surface area contributed by atoms with Crippen molar-refractivity contribution in [2.24, 2.45) is 11.0 Å². The second-order valence-corrected chi connectivity index (χ2v) is 6.95. The highest BCUT2D eigenvalue weighted by Gasteiger charge is 2.37. The summed E-state index contributed by atoms with van der Waals surface area (Å²) in [6.45, 7) is 4.58. The van der Waals surface area contributed by atoms with Crippen LogP contribution in [0.3, 0.4) is 0 Å². The molecular weight excluding hydrogens is 384 g/mol. The number of esters is 1. The Hall–Kier alpha value is -3.23. The van der Waals surface area contributed by atoms with E-state index in [1.807, 2.05) is 38.1 Å². The number of ether oxygens (including phenoxy) is 2. The zero-order valence-corrected chi connectivity index (χ0v) is 17.2. The third-order valence-corrected chi connectivity index (χ3v) is 5.00. The van der Waals surface area contributed by atoms with Gasteiger partial charge in [-0.25, -0.2) is 21.1 Å². The average Bonchev–Trinajstić information content (AvgIpc) is 3.16. The van der Waals surface area contributed by atoms with Gasteiger partial charge in [0.05, 0.1) is 31.5 Å². The van der Waals surface area contributed by atoms with Gasteiger partial charge < -0.3 is 9.47 Å².